The van der Waals surface area contributed by atoms with Gasteiger partial charge < -0.3 is 9.47 Å². The van der Waals surface area contributed by atoms with Crippen LogP contribution in [0.5, 0.6) is 11.5 Å². The van der Waals surface area contributed by atoms with E-state index in [0.717, 1.165) is 30.2 Å². The molecule has 0 atom stereocenters. The minimum absolute atomic E-state index is 0.211. The zero-order valence-corrected chi connectivity index (χ0v) is 13.2. The molecular weight excluding hydrogens is 293 g/mol. The normalized spacial score (nSPS) is 13.7. The van der Waals surface area contributed by atoms with Crippen molar-refractivity contribution in [2.75, 3.05) is 26.8 Å². The largest absolute Gasteiger partial charge is 0.486 e. The van der Waals surface area contributed by atoms with Crippen molar-refractivity contribution in [3.8, 4) is 11.5 Å². The van der Waals surface area contributed by atoms with E-state index in [9.17, 15) is 4.39 Å². The van der Waals surface area contributed by atoms with Crippen LogP contribution in [0.1, 0.15) is 11.1 Å². The minimum atomic E-state index is -0.211. The first-order valence-electron chi connectivity index (χ1n) is 7.70. The Hall–Kier alpha value is -2.33. The number of rotatable bonds is 5. The van der Waals surface area contributed by atoms with Gasteiger partial charge in [0, 0.05) is 13.1 Å². The van der Waals surface area contributed by atoms with E-state index < -0.39 is 0 Å². The zero-order chi connectivity index (χ0) is 16.1. The van der Waals surface area contributed by atoms with Crippen LogP contribution in [0.2, 0.25) is 0 Å². The molecule has 4 heteroatoms. The Bertz CT molecular complexity index is 700. The van der Waals surface area contributed by atoms with Crippen LogP contribution in [0.15, 0.2) is 48.5 Å². The Morgan fingerprint density at radius 2 is 1.91 bits per heavy atom. The van der Waals surface area contributed by atoms with Crippen molar-refractivity contribution in [1.82, 2.24) is 4.90 Å². The number of benzene rings is 2. The van der Waals surface area contributed by atoms with Gasteiger partial charge in [-0.3, -0.25) is 4.90 Å². The van der Waals surface area contributed by atoms with Gasteiger partial charge >= 0.3 is 0 Å². The fourth-order valence-corrected chi connectivity index (χ4v) is 2.54. The quantitative estimate of drug-likeness (QED) is 0.839. The summed E-state index contributed by atoms with van der Waals surface area (Å²) < 4.78 is 24.2. The van der Waals surface area contributed by atoms with Crippen LogP contribution in [0, 0.1) is 5.82 Å². The molecule has 0 bridgehead atoms. The van der Waals surface area contributed by atoms with Crippen LogP contribution in [0.25, 0.3) is 6.08 Å². The van der Waals surface area contributed by atoms with Crippen LogP contribution in [-0.2, 0) is 6.54 Å². The number of hydrogen-bond donors (Lipinski definition) is 0. The van der Waals surface area contributed by atoms with E-state index in [0.29, 0.717) is 13.2 Å². The molecule has 0 spiro atoms. The molecule has 0 aliphatic carbocycles. The van der Waals surface area contributed by atoms with Gasteiger partial charge in [-0.15, -0.1) is 0 Å². The van der Waals surface area contributed by atoms with Crippen molar-refractivity contribution in [2.24, 2.45) is 0 Å². The van der Waals surface area contributed by atoms with Gasteiger partial charge in [0.2, 0.25) is 0 Å². The average molecular weight is 313 g/mol. The van der Waals surface area contributed by atoms with Crippen molar-refractivity contribution >= 4 is 6.08 Å². The Labute approximate surface area is 136 Å². The molecule has 0 saturated carbocycles. The maximum absolute atomic E-state index is 13.1. The van der Waals surface area contributed by atoms with Gasteiger partial charge in [-0.1, -0.05) is 30.4 Å². The molecule has 0 unspecified atom stereocenters. The molecular formula is C19H20FNO2. The third kappa shape index (κ3) is 4.33. The highest BCUT2D eigenvalue weighted by Crippen LogP contribution is 2.30. The number of nitrogens with zero attached hydrogens (tertiary/aromatic N) is 1. The molecule has 2 aromatic carbocycles. The zero-order valence-electron chi connectivity index (χ0n) is 13.2. The summed E-state index contributed by atoms with van der Waals surface area (Å²) in [6.07, 6.45) is 3.97. The Kier molecular flexibility index (Phi) is 4.93. The molecule has 0 amide bonds. The highest BCUT2D eigenvalue weighted by molar-refractivity contribution is 5.49. The van der Waals surface area contributed by atoms with E-state index in [1.54, 1.807) is 6.07 Å². The topological polar surface area (TPSA) is 21.7 Å². The van der Waals surface area contributed by atoms with Crippen LogP contribution >= 0.6 is 0 Å². The molecule has 1 aliphatic rings. The standard InChI is InChI=1S/C19H20FNO2/c1-21(9-3-5-15-4-2-6-17(20)12-15)14-16-7-8-18-19(13-16)23-11-10-22-18/h2-8,12-13H,9-11,14H2,1H3/b5-3+. The van der Waals surface area contributed by atoms with Gasteiger partial charge in [0.1, 0.15) is 19.0 Å². The lowest BCUT2D eigenvalue weighted by Crippen LogP contribution is -2.19. The summed E-state index contributed by atoms with van der Waals surface area (Å²) in [7, 11) is 2.05. The van der Waals surface area contributed by atoms with Gasteiger partial charge in [0.05, 0.1) is 0 Å². The van der Waals surface area contributed by atoms with E-state index in [1.165, 1.54) is 17.7 Å². The van der Waals surface area contributed by atoms with Gasteiger partial charge in [-0.05, 0) is 42.4 Å². The van der Waals surface area contributed by atoms with Crippen molar-refractivity contribution in [1.29, 1.82) is 0 Å². The lowest BCUT2D eigenvalue weighted by atomic mass is 10.1. The number of ether oxygens (including phenoxy) is 2. The molecule has 0 N–H and O–H groups in total. The first-order valence-corrected chi connectivity index (χ1v) is 7.70. The Morgan fingerprint density at radius 1 is 1.09 bits per heavy atom. The predicted octanol–water partition coefficient (Wildman–Crippen LogP) is 3.74. The lowest BCUT2D eigenvalue weighted by Gasteiger charge is -2.20. The fourth-order valence-electron chi connectivity index (χ4n) is 2.54. The molecule has 2 aromatic rings. The number of fused-ring (bicyclic) bond motifs is 1. The first-order chi connectivity index (χ1) is 11.2. The SMILES string of the molecule is CN(C/C=C/c1cccc(F)c1)Cc1ccc2c(c1)OCCO2. The summed E-state index contributed by atoms with van der Waals surface area (Å²) in [6.45, 7) is 2.80. The van der Waals surface area contributed by atoms with Gasteiger partial charge in [-0.2, -0.15) is 0 Å². The summed E-state index contributed by atoms with van der Waals surface area (Å²) in [5, 5.41) is 0. The number of likely N-dealkylation sites (N-methyl/N-ethyl adjacent to an activating group) is 1. The summed E-state index contributed by atoms with van der Waals surface area (Å²) in [5.74, 6) is 1.42. The summed E-state index contributed by atoms with van der Waals surface area (Å²) in [6, 6.07) is 12.6. The van der Waals surface area contributed by atoms with Crippen LogP contribution in [0.4, 0.5) is 4.39 Å². The maximum Gasteiger partial charge on any atom is 0.161 e. The molecule has 120 valence electrons. The summed E-state index contributed by atoms with van der Waals surface area (Å²) in [4.78, 5) is 2.18. The van der Waals surface area contributed by atoms with E-state index in [1.807, 2.05) is 37.4 Å². The van der Waals surface area contributed by atoms with Crippen molar-refractivity contribution in [3.63, 3.8) is 0 Å². The molecule has 1 aliphatic heterocycles. The van der Waals surface area contributed by atoms with E-state index in [4.69, 9.17) is 9.47 Å². The van der Waals surface area contributed by atoms with E-state index in [2.05, 4.69) is 11.0 Å². The second-order valence-corrected chi connectivity index (χ2v) is 5.63. The van der Waals surface area contributed by atoms with Gasteiger partial charge in [0.25, 0.3) is 0 Å². The Balaban J connectivity index is 1.56. The minimum Gasteiger partial charge on any atom is -0.486 e. The smallest absolute Gasteiger partial charge is 0.161 e. The molecule has 1 heterocycles. The second-order valence-electron chi connectivity index (χ2n) is 5.63. The van der Waals surface area contributed by atoms with Crippen molar-refractivity contribution in [3.05, 3.63) is 65.5 Å². The molecule has 0 radical (unpaired) electrons. The molecule has 0 aromatic heterocycles. The first kappa shape index (κ1) is 15.6. The summed E-state index contributed by atoms with van der Waals surface area (Å²) in [5.41, 5.74) is 2.05. The lowest BCUT2D eigenvalue weighted by molar-refractivity contribution is 0.171. The molecule has 3 rings (SSSR count). The fraction of sp³-hybridized carbons (Fsp3) is 0.263. The second kappa shape index (κ2) is 7.29. The molecule has 0 fully saturated rings. The highest BCUT2D eigenvalue weighted by Gasteiger charge is 2.12. The average Bonchev–Trinajstić information content (AvgIpc) is 2.55. The van der Waals surface area contributed by atoms with Crippen LogP contribution in [-0.4, -0.2) is 31.7 Å². The van der Waals surface area contributed by atoms with Crippen molar-refractivity contribution < 1.29 is 13.9 Å². The molecule has 23 heavy (non-hydrogen) atoms. The van der Waals surface area contributed by atoms with Crippen LogP contribution < -0.4 is 9.47 Å². The monoisotopic (exact) mass is 313 g/mol. The third-order valence-electron chi connectivity index (χ3n) is 3.64. The number of hydrogen-bond acceptors (Lipinski definition) is 3. The number of halogens is 1. The third-order valence-corrected chi connectivity index (χ3v) is 3.64. The highest BCUT2D eigenvalue weighted by atomic mass is 19.1. The predicted molar refractivity (Wildman–Crippen MR) is 89.2 cm³/mol. The van der Waals surface area contributed by atoms with E-state index >= 15 is 0 Å². The Morgan fingerprint density at radius 3 is 2.74 bits per heavy atom. The van der Waals surface area contributed by atoms with Crippen LogP contribution in [0.3, 0.4) is 0 Å². The van der Waals surface area contributed by atoms with Gasteiger partial charge in [0.15, 0.2) is 11.5 Å². The van der Waals surface area contributed by atoms with Gasteiger partial charge in [-0.25, -0.2) is 4.39 Å². The molecule has 3 nitrogen and oxygen atoms in total. The van der Waals surface area contributed by atoms with E-state index in [-0.39, 0.29) is 5.82 Å². The van der Waals surface area contributed by atoms with Crippen molar-refractivity contribution in [2.45, 2.75) is 6.54 Å². The molecule has 0 saturated heterocycles. The summed E-state index contributed by atoms with van der Waals surface area (Å²) >= 11 is 0. The maximum atomic E-state index is 13.1.